The molecule has 0 spiro atoms. The number of benzene rings is 7. The normalized spacial score (nSPS) is 11.9. The Balaban J connectivity index is 1.29. The molecule has 5 nitrogen and oxygen atoms in total. The smallest absolute Gasteiger partial charge is 0.164 e. The Bertz CT molecular complexity index is 3090. The predicted octanol–water partition coefficient (Wildman–Crippen LogP) is 12.5. The average Bonchev–Trinajstić information content (AvgIpc) is 3.75. The molecule has 250 valence electrons. The van der Waals surface area contributed by atoms with Crippen molar-refractivity contribution in [2.75, 3.05) is 0 Å². The second kappa shape index (κ2) is 12.3. The fourth-order valence-corrected chi connectivity index (χ4v) is 7.57. The zero-order valence-electron chi connectivity index (χ0n) is 29.0. The summed E-state index contributed by atoms with van der Waals surface area (Å²) in [5.74, 6) is 1.78. The van der Waals surface area contributed by atoms with Crippen molar-refractivity contribution in [3.8, 4) is 39.9 Å². The summed E-state index contributed by atoms with van der Waals surface area (Å²) in [6.45, 7) is 6.07. The van der Waals surface area contributed by atoms with Crippen LogP contribution < -0.4 is 0 Å². The van der Waals surface area contributed by atoms with Gasteiger partial charge in [-0.1, -0.05) is 128 Å². The van der Waals surface area contributed by atoms with Crippen molar-refractivity contribution in [1.29, 1.82) is 0 Å². The molecule has 10 rings (SSSR count). The van der Waals surface area contributed by atoms with E-state index in [1.54, 1.807) is 0 Å². The van der Waals surface area contributed by atoms with Gasteiger partial charge in [-0.15, -0.1) is 0 Å². The highest BCUT2D eigenvalue weighted by atomic mass is 16.3. The Morgan fingerprint density at radius 3 is 2.08 bits per heavy atom. The summed E-state index contributed by atoms with van der Waals surface area (Å²) in [6.07, 6.45) is 5.92. The number of rotatable bonds is 6. The van der Waals surface area contributed by atoms with Crippen LogP contribution in [0.1, 0.15) is 11.1 Å². The minimum Gasteiger partial charge on any atom is -0.456 e. The molecule has 0 fully saturated rings. The molecule has 0 radical (unpaired) electrons. The zero-order valence-corrected chi connectivity index (χ0v) is 29.0. The Labute approximate surface area is 305 Å². The first-order valence-corrected chi connectivity index (χ1v) is 17.7. The van der Waals surface area contributed by atoms with Crippen LogP contribution in [0.4, 0.5) is 0 Å². The van der Waals surface area contributed by atoms with E-state index in [1.165, 1.54) is 21.7 Å². The van der Waals surface area contributed by atoms with Gasteiger partial charge in [0.25, 0.3) is 0 Å². The molecule has 0 bridgehead atoms. The van der Waals surface area contributed by atoms with Crippen LogP contribution in [-0.2, 0) is 0 Å². The van der Waals surface area contributed by atoms with Gasteiger partial charge in [0.15, 0.2) is 17.5 Å². The summed E-state index contributed by atoms with van der Waals surface area (Å²) in [5, 5.41) is 6.74. The van der Waals surface area contributed by atoms with Gasteiger partial charge < -0.3 is 8.98 Å². The predicted molar refractivity (Wildman–Crippen MR) is 219 cm³/mol. The fourth-order valence-electron chi connectivity index (χ4n) is 7.57. The van der Waals surface area contributed by atoms with Crippen LogP contribution in [0, 0.1) is 6.92 Å². The molecular weight excluding hydrogens is 649 g/mol. The topological polar surface area (TPSA) is 56.7 Å². The van der Waals surface area contributed by atoms with Crippen molar-refractivity contribution in [2.45, 2.75) is 6.92 Å². The van der Waals surface area contributed by atoms with Gasteiger partial charge in [-0.25, -0.2) is 15.0 Å². The van der Waals surface area contributed by atoms with Crippen molar-refractivity contribution < 1.29 is 4.42 Å². The molecule has 3 heterocycles. The van der Waals surface area contributed by atoms with Crippen LogP contribution in [0.15, 0.2) is 169 Å². The van der Waals surface area contributed by atoms with Crippen LogP contribution in [0.5, 0.6) is 0 Å². The molecule has 0 aliphatic carbocycles. The molecule has 0 amide bonds. The Hall–Kier alpha value is -7.11. The lowest BCUT2D eigenvalue weighted by Gasteiger charge is -2.14. The van der Waals surface area contributed by atoms with Gasteiger partial charge in [0.2, 0.25) is 0 Å². The quantitative estimate of drug-likeness (QED) is 0.164. The third-order valence-electron chi connectivity index (χ3n) is 10.1. The minimum absolute atomic E-state index is 0.567. The first-order chi connectivity index (χ1) is 26.1. The van der Waals surface area contributed by atoms with E-state index < -0.39 is 0 Å². The number of fused-ring (bicyclic) bond motifs is 7. The first kappa shape index (κ1) is 30.7. The number of hydrogen-bond acceptors (Lipinski definition) is 4. The zero-order chi connectivity index (χ0) is 35.5. The second-order valence-corrected chi connectivity index (χ2v) is 13.4. The van der Waals surface area contributed by atoms with Gasteiger partial charge in [-0.3, -0.25) is 0 Å². The monoisotopic (exact) mass is 680 g/mol. The molecule has 7 aromatic carbocycles. The molecule has 0 saturated carbocycles. The second-order valence-electron chi connectivity index (χ2n) is 13.4. The molecular formula is C48H32N4O. The molecule has 10 aromatic rings. The summed E-state index contributed by atoms with van der Waals surface area (Å²) >= 11 is 0. The van der Waals surface area contributed by atoms with E-state index in [0.29, 0.717) is 17.5 Å². The number of aryl methyl sites for hydroxylation is 1. The number of para-hydroxylation sites is 2. The molecule has 5 heteroatoms. The highest BCUT2D eigenvalue weighted by Crippen LogP contribution is 2.41. The molecule has 0 N–H and O–H groups in total. The van der Waals surface area contributed by atoms with Gasteiger partial charge in [0.05, 0.1) is 22.1 Å². The average molecular weight is 681 g/mol. The van der Waals surface area contributed by atoms with Crippen LogP contribution in [0.25, 0.3) is 100 Å². The standard InChI is InChI=1S/C48H32N4O/c1-3-4-14-33-27-41-39(25-30(33)2)37-19-10-12-21-40(37)52(41)42-28-36(29-44-45(42)38-20-11-13-22-43(38)53-44)48-50-46(32-16-6-5-7-17-32)49-47(51-48)35-24-23-31-15-8-9-18-34(31)26-35/h3-29H,1H2,2H3/b14-4-. The molecule has 0 atom stereocenters. The van der Waals surface area contributed by atoms with E-state index in [0.717, 1.165) is 66.3 Å². The Morgan fingerprint density at radius 1 is 0.547 bits per heavy atom. The maximum atomic E-state index is 6.64. The summed E-state index contributed by atoms with van der Waals surface area (Å²) < 4.78 is 9.01. The van der Waals surface area contributed by atoms with E-state index in [4.69, 9.17) is 19.4 Å². The van der Waals surface area contributed by atoms with E-state index in [-0.39, 0.29) is 0 Å². The van der Waals surface area contributed by atoms with Gasteiger partial charge in [-0.05, 0) is 71.3 Å². The molecule has 53 heavy (non-hydrogen) atoms. The minimum atomic E-state index is 0.567. The van der Waals surface area contributed by atoms with Crippen LogP contribution in [-0.4, -0.2) is 19.5 Å². The van der Waals surface area contributed by atoms with Crippen molar-refractivity contribution >= 4 is 60.6 Å². The summed E-state index contributed by atoms with van der Waals surface area (Å²) in [7, 11) is 0. The lowest BCUT2D eigenvalue weighted by Crippen LogP contribution is -2.01. The SMILES string of the molecule is C=C/C=C\c1cc2c(cc1C)c1ccccc1n2-c1cc(-c2nc(-c3ccccc3)nc(-c3ccc4ccccc4c3)n2)cc2oc3ccccc3c12. The maximum Gasteiger partial charge on any atom is 0.164 e. The summed E-state index contributed by atoms with van der Waals surface area (Å²) in [5.41, 5.74) is 9.79. The lowest BCUT2D eigenvalue weighted by atomic mass is 10.0. The van der Waals surface area contributed by atoms with Crippen molar-refractivity contribution in [3.63, 3.8) is 0 Å². The van der Waals surface area contributed by atoms with Gasteiger partial charge in [0.1, 0.15) is 11.2 Å². The van der Waals surface area contributed by atoms with Crippen molar-refractivity contribution in [3.05, 3.63) is 175 Å². The molecule has 3 aromatic heterocycles. The van der Waals surface area contributed by atoms with Crippen LogP contribution in [0.3, 0.4) is 0 Å². The molecule has 0 aliphatic rings. The van der Waals surface area contributed by atoms with Crippen LogP contribution >= 0.6 is 0 Å². The highest BCUT2D eigenvalue weighted by Gasteiger charge is 2.22. The largest absolute Gasteiger partial charge is 0.456 e. The van der Waals surface area contributed by atoms with E-state index in [1.807, 2.05) is 54.6 Å². The van der Waals surface area contributed by atoms with Crippen LogP contribution in [0.2, 0.25) is 0 Å². The number of allylic oxidation sites excluding steroid dienone is 2. The Kier molecular flexibility index (Phi) is 7.12. The number of nitrogens with zero attached hydrogens (tertiary/aromatic N) is 4. The van der Waals surface area contributed by atoms with Crippen molar-refractivity contribution in [2.24, 2.45) is 0 Å². The van der Waals surface area contributed by atoms with Crippen molar-refractivity contribution in [1.82, 2.24) is 19.5 Å². The first-order valence-electron chi connectivity index (χ1n) is 17.7. The molecule has 0 saturated heterocycles. The summed E-state index contributed by atoms with van der Waals surface area (Å²) in [6, 6.07) is 50.5. The van der Waals surface area contributed by atoms with Gasteiger partial charge in [0, 0.05) is 32.8 Å². The summed E-state index contributed by atoms with van der Waals surface area (Å²) in [4.78, 5) is 15.4. The van der Waals surface area contributed by atoms with Gasteiger partial charge in [-0.2, -0.15) is 0 Å². The van der Waals surface area contributed by atoms with E-state index >= 15 is 0 Å². The van der Waals surface area contributed by atoms with Gasteiger partial charge >= 0.3 is 0 Å². The number of furan rings is 1. The highest BCUT2D eigenvalue weighted by molar-refractivity contribution is 6.15. The Morgan fingerprint density at radius 2 is 1.25 bits per heavy atom. The number of aromatic nitrogens is 4. The third-order valence-corrected chi connectivity index (χ3v) is 10.1. The number of hydrogen-bond donors (Lipinski definition) is 0. The van der Waals surface area contributed by atoms with E-state index in [9.17, 15) is 0 Å². The maximum absolute atomic E-state index is 6.64. The lowest BCUT2D eigenvalue weighted by molar-refractivity contribution is 0.669. The molecule has 0 aliphatic heterocycles. The molecule has 0 unspecified atom stereocenters. The fraction of sp³-hybridized carbons (Fsp3) is 0.0208. The van der Waals surface area contributed by atoms with E-state index in [2.05, 4.69) is 127 Å². The third kappa shape index (κ3) is 5.13.